The maximum absolute atomic E-state index is 11.1. The molecule has 0 saturated carbocycles. The Balaban J connectivity index is 4.14. The number of nitrogens with one attached hydrogen (secondary N) is 1. The van der Waals surface area contributed by atoms with Crippen LogP contribution in [0.15, 0.2) is 12.2 Å². The second kappa shape index (κ2) is 6.21. The van der Waals surface area contributed by atoms with Crippen molar-refractivity contribution in [3.8, 4) is 12.3 Å². The van der Waals surface area contributed by atoms with Gasteiger partial charge in [0.1, 0.15) is 0 Å². The van der Waals surface area contributed by atoms with Crippen molar-refractivity contribution in [3.05, 3.63) is 12.2 Å². The fourth-order valence-corrected chi connectivity index (χ4v) is 0.598. The van der Waals surface area contributed by atoms with E-state index < -0.39 is 17.9 Å². The summed E-state index contributed by atoms with van der Waals surface area (Å²) in [7, 11) is 1.41. The monoisotopic (exact) mass is 210 g/mol. The molecule has 0 spiro atoms. The van der Waals surface area contributed by atoms with Crippen molar-refractivity contribution < 1.29 is 19.5 Å². The lowest BCUT2D eigenvalue weighted by Crippen LogP contribution is -2.40. The van der Waals surface area contributed by atoms with Crippen molar-refractivity contribution in [1.82, 2.24) is 10.2 Å². The van der Waals surface area contributed by atoms with Crippen LogP contribution in [0.5, 0.6) is 0 Å². The van der Waals surface area contributed by atoms with Crippen LogP contribution in [0.25, 0.3) is 0 Å². The number of aliphatic carboxylic acids is 1. The molecule has 0 bridgehead atoms. The SMILES string of the molecule is C#CCN(C)C(=O)NC(=O)/C=C/C(=O)O. The minimum absolute atomic E-state index is 0.0573. The molecule has 0 fully saturated rings. The van der Waals surface area contributed by atoms with Crippen LogP contribution >= 0.6 is 0 Å². The fraction of sp³-hybridized carbons (Fsp3) is 0.222. The van der Waals surface area contributed by atoms with Gasteiger partial charge in [0.15, 0.2) is 0 Å². The van der Waals surface area contributed by atoms with Gasteiger partial charge >= 0.3 is 12.0 Å². The lowest BCUT2D eigenvalue weighted by molar-refractivity contribution is -0.131. The molecule has 0 aromatic carbocycles. The van der Waals surface area contributed by atoms with Crippen LogP contribution in [-0.4, -0.2) is 41.5 Å². The summed E-state index contributed by atoms with van der Waals surface area (Å²) < 4.78 is 0. The molecular formula is C9H10N2O4. The number of nitrogens with zero attached hydrogens (tertiary/aromatic N) is 1. The summed E-state index contributed by atoms with van der Waals surface area (Å²) in [6.07, 6.45) is 6.32. The molecule has 80 valence electrons. The predicted molar refractivity (Wildman–Crippen MR) is 51.8 cm³/mol. The topological polar surface area (TPSA) is 86.7 Å². The Morgan fingerprint density at radius 2 is 2.07 bits per heavy atom. The number of hydrogen-bond donors (Lipinski definition) is 2. The summed E-state index contributed by atoms with van der Waals surface area (Å²) >= 11 is 0. The van der Waals surface area contributed by atoms with E-state index in [1.807, 2.05) is 5.32 Å². The van der Waals surface area contributed by atoms with E-state index in [2.05, 4.69) is 5.92 Å². The Bertz CT molecular complexity index is 341. The molecule has 6 heteroatoms. The molecule has 0 aromatic heterocycles. The Labute approximate surface area is 86.6 Å². The average Bonchev–Trinajstić information content (AvgIpc) is 2.15. The summed E-state index contributed by atoms with van der Waals surface area (Å²) in [5.41, 5.74) is 0. The van der Waals surface area contributed by atoms with Crippen LogP contribution in [0.1, 0.15) is 0 Å². The second-order valence-electron chi connectivity index (χ2n) is 2.53. The second-order valence-corrected chi connectivity index (χ2v) is 2.53. The van der Waals surface area contributed by atoms with Crippen molar-refractivity contribution in [2.24, 2.45) is 0 Å². The molecule has 0 saturated heterocycles. The van der Waals surface area contributed by atoms with Gasteiger partial charge in [0, 0.05) is 19.2 Å². The summed E-state index contributed by atoms with van der Waals surface area (Å²) in [6.45, 7) is 0.0573. The van der Waals surface area contributed by atoms with Gasteiger partial charge in [-0.3, -0.25) is 10.1 Å². The zero-order valence-corrected chi connectivity index (χ0v) is 8.06. The molecule has 0 rings (SSSR count). The lowest BCUT2D eigenvalue weighted by Gasteiger charge is -2.12. The summed E-state index contributed by atoms with van der Waals surface area (Å²) in [4.78, 5) is 33.2. The molecule has 0 aliphatic carbocycles. The highest BCUT2D eigenvalue weighted by atomic mass is 16.4. The zero-order valence-electron chi connectivity index (χ0n) is 8.06. The average molecular weight is 210 g/mol. The third-order valence-electron chi connectivity index (χ3n) is 1.28. The zero-order chi connectivity index (χ0) is 11.8. The molecule has 6 nitrogen and oxygen atoms in total. The molecule has 3 amide bonds. The van der Waals surface area contributed by atoms with Gasteiger partial charge in [0.05, 0.1) is 6.54 Å². The van der Waals surface area contributed by atoms with Gasteiger partial charge in [0.25, 0.3) is 5.91 Å². The number of rotatable bonds is 3. The minimum Gasteiger partial charge on any atom is -0.478 e. The van der Waals surface area contributed by atoms with Gasteiger partial charge < -0.3 is 10.0 Å². The van der Waals surface area contributed by atoms with Crippen LogP contribution in [0, 0.1) is 12.3 Å². The first kappa shape index (κ1) is 12.7. The molecular weight excluding hydrogens is 200 g/mol. The Hall–Kier alpha value is -2.29. The molecule has 0 heterocycles. The van der Waals surface area contributed by atoms with Gasteiger partial charge in [-0.05, 0) is 0 Å². The molecule has 0 unspecified atom stereocenters. The van der Waals surface area contributed by atoms with E-state index in [1.54, 1.807) is 0 Å². The van der Waals surface area contributed by atoms with Crippen LogP contribution < -0.4 is 5.32 Å². The van der Waals surface area contributed by atoms with Crippen LogP contribution in [-0.2, 0) is 9.59 Å². The first-order valence-electron chi connectivity index (χ1n) is 3.88. The fourth-order valence-electron chi connectivity index (χ4n) is 0.598. The quantitative estimate of drug-likeness (QED) is 0.482. The number of urea groups is 1. The van der Waals surface area contributed by atoms with E-state index in [9.17, 15) is 14.4 Å². The third kappa shape index (κ3) is 5.87. The normalized spacial score (nSPS) is 9.33. The number of terminal acetylenes is 1. The van der Waals surface area contributed by atoms with Crippen molar-refractivity contribution in [1.29, 1.82) is 0 Å². The van der Waals surface area contributed by atoms with E-state index in [4.69, 9.17) is 11.5 Å². The Morgan fingerprint density at radius 1 is 1.47 bits per heavy atom. The molecule has 0 atom stereocenters. The number of amides is 3. The maximum Gasteiger partial charge on any atom is 0.328 e. The number of carbonyl (C=O) groups is 3. The molecule has 2 N–H and O–H groups in total. The Morgan fingerprint density at radius 3 is 2.53 bits per heavy atom. The summed E-state index contributed by atoms with van der Waals surface area (Å²) in [5.74, 6) is 0.131. The number of carbonyl (C=O) groups excluding carboxylic acids is 2. The van der Waals surface area contributed by atoms with Crippen LogP contribution in [0.4, 0.5) is 4.79 Å². The van der Waals surface area contributed by atoms with Crippen molar-refractivity contribution in [2.45, 2.75) is 0 Å². The van der Waals surface area contributed by atoms with Gasteiger partial charge in [-0.15, -0.1) is 6.42 Å². The van der Waals surface area contributed by atoms with E-state index in [0.29, 0.717) is 6.08 Å². The smallest absolute Gasteiger partial charge is 0.328 e. The third-order valence-corrected chi connectivity index (χ3v) is 1.28. The number of carboxylic acid groups (broad SMARTS) is 1. The van der Waals surface area contributed by atoms with Gasteiger partial charge in [0.2, 0.25) is 0 Å². The largest absolute Gasteiger partial charge is 0.478 e. The first-order valence-corrected chi connectivity index (χ1v) is 3.88. The predicted octanol–water partition coefficient (Wildman–Crippen LogP) is -0.572. The molecule has 0 aliphatic heterocycles. The molecule has 0 aliphatic rings. The highest BCUT2D eigenvalue weighted by molar-refractivity contribution is 6.02. The highest BCUT2D eigenvalue weighted by Gasteiger charge is 2.09. The highest BCUT2D eigenvalue weighted by Crippen LogP contribution is 1.83. The lowest BCUT2D eigenvalue weighted by atomic mass is 10.4. The van der Waals surface area contributed by atoms with Crippen molar-refractivity contribution in [2.75, 3.05) is 13.6 Å². The van der Waals surface area contributed by atoms with E-state index in [-0.39, 0.29) is 6.54 Å². The number of imide groups is 1. The maximum atomic E-state index is 11.1. The number of carboxylic acids is 1. The van der Waals surface area contributed by atoms with E-state index in [1.165, 1.54) is 7.05 Å². The molecule has 0 radical (unpaired) electrons. The van der Waals surface area contributed by atoms with Crippen LogP contribution in [0.3, 0.4) is 0 Å². The van der Waals surface area contributed by atoms with Gasteiger partial charge in [-0.2, -0.15) is 0 Å². The van der Waals surface area contributed by atoms with Gasteiger partial charge in [-0.1, -0.05) is 5.92 Å². The standard InChI is InChI=1S/C9H10N2O4/c1-3-6-11(2)9(15)10-7(12)4-5-8(13)14/h1,4-5H,6H2,2H3,(H,13,14)(H,10,12,15)/b5-4+. The summed E-state index contributed by atoms with van der Waals surface area (Å²) in [6, 6.07) is -0.687. The Kier molecular flexibility index (Phi) is 5.26. The molecule has 15 heavy (non-hydrogen) atoms. The summed E-state index contributed by atoms with van der Waals surface area (Å²) in [5, 5.41) is 10.1. The van der Waals surface area contributed by atoms with Crippen molar-refractivity contribution in [3.63, 3.8) is 0 Å². The number of hydrogen-bond acceptors (Lipinski definition) is 3. The van der Waals surface area contributed by atoms with Gasteiger partial charge in [-0.25, -0.2) is 9.59 Å². The van der Waals surface area contributed by atoms with E-state index in [0.717, 1.165) is 11.0 Å². The molecule has 0 aromatic rings. The van der Waals surface area contributed by atoms with E-state index >= 15 is 0 Å². The van der Waals surface area contributed by atoms with Crippen molar-refractivity contribution >= 4 is 17.9 Å². The minimum atomic E-state index is -1.27. The first-order chi connectivity index (χ1) is 6.97. The van der Waals surface area contributed by atoms with Crippen LogP contribution in [0.2, 0.25) is 0 Å².